The minimum absolute atomic E-state index is 0.0960. The number of aromatic hydroxyl groups is 1. The first-order valence-electron chi connectivity index (χ1n) is 6.86. The monoisotopic (exact) mass is 267 g/mol. The molecule has 0 aliphatic heterocycles. The van der Waals surface area contributed by atoms with E-state index in [-0.39, 0.29) is 12.4 Å². The number of hydrogen-bond donors (Lipinski definition) is 2. The van der Waals surface area contributed by atoms with Crippen molar-refractivity contribution in [1.29, 1.82) is 0 Å². The number of rotatable bonds is 5. The molecule has 1 fully saturated rings. The van der Waals surface area contributed by atoms with Gasteiger partial charge in [-0.2, -0.15) is 0 Å². The lowest BCUT2D eigenvalue weighted by atomic mass is 9.94. The van der Waals surface area contributed by atoms with E-state index in [0.29, 0.717) is 24.9 Å². The van der Waals surface area contributed by atoms with Gasteiger partial charge < -0.3 is 14.6 Å². The van der Waals surface area contributed by atoms with Crippen molar-refractivity contribution in [1.82, 2.24) is 4.90 Å². The highest BCUT2D eigenvalue weighted by Crippen LogP contribution is 2.23. The molecule has 0 unspecified atom stereocenters. The predicted octanol–water partition coefficient (Wildman–Crippen LogP) is 1.47. The average Bonchev–Trinajstić information content (AvgIpc) is 2.43. The third-order valence-corrected chi connectivity index (χ3v) is 3.70. The number of hydrogen-bond acceptors (Lipinski definition) is 5. The molecule has 1 aromatic heterocycles. The van der Waals surface area contributed by atoms with E-state index in [4.69, 9.17) is 4.42 Å². The second-order valence-electron chi connectivity index (χ2n) is 5.08. The molecule has 1 heterocycles. The maximum absolute atomic E-state index is 11.4. The van der Waals surface area contributed by atoms with E-state index in [1.165, 1.54) is 25.3 Å². The van der Waals surface area contributed by atoms with E-state index >= 15 is 0 Å². The second kappa shape index (κ2) is 6.73. The summed E-state index contributed by atoms with van der Waals surface area (Å²) < 4.78 is 5.23. The molecule has 0 aromatic carbocycles. The maximum Gasteiger partial charge on any atom is 0.226 e. The molecule has 19 heavy (non-hydrogen) atoms. The number of aliphatic hydroxyl groups is 1. The second-order valence-corrected chi connectivity index (χ2v) is 5.08. The Morgan fingerprint density at radius 2 is 2.05 bits per heavy atom. The Morgan fingerprint density at radius 1 is 1.32 bits per heavy atom. The summed E-state index contributed by atoms with van der Waals surface area (Å²) in [5.74, 6) is 0.164. The highest BCUT2D eigenvalue weighted by atomic mass is 16.4. The molecule has 0 spiro atoms. The predicted molar refractivity (Wildman–Crippen MR) is 71.0 cm³/mol. The highest BCUT2D eigenvalue weighted by molar-refractivity contribution is 5.15. The lowest BCUT2D eigenvalue weighted by Gasteiger charge is -2.33. The van der Waals surface area contributed by atoms with Gasteiger partial charge in [0.05, 0.1) is 13.2 Å². The lowest BCUT2D eigenvalue weighted by Crippen LogP contribution is -2.38. The van der Waals surface area contributed by atoms with Crippen molar-refractivity contribution < 1.29 is 14.6 Å². The SMILES string of the molecule is O=c1cc(CN(CCO)C2CCCCC2)occ1O. The van der Waals surface area contributed by atoms with Crippen LogP contribution >= 0.6 is 0 Å². The fourth-order valence-corrected chi connectivity index (χ4v) is 2.69. The molecule has 106 valence electrons. The van der Waals surface area contributed by atoms with E-state index in [1.54, 1.807) is 0 Å². The van der Waals surface area contributed by atoms with Gasteiger partial charge in [0.2, 0.25) is 5.43 Å². The van der Waals surface area contributed by atoms with Gasteiger partial charge in [-0.05, 0) is 12.8 Å². The van der Waals surface area contributed by atoms with Crippen molar-refractivity contribution in [3.8, 4) is 5.75 Å². The van der Waals surface area contributed by atoms with Crippen molar-refractivity contribution in [2.45, 2.75) is 44.7 Å². The van der Waals surface area contributed by atoms with Crippen LogP contribution in [0.3, 0.4) is 0 Å². The minimum atomic E-state index is -0.422. The molecule has 5 nitrogen and oxygen atoms in total. The molecular weight excluding hydrogens is 246 g/mol. The molecule has 2 rings (SSSR count). The van der Waals surface area contributed by atoms with E-state index in [1.807, 2.05) is 0 Å². The smallest absolute Gasteiger partial charge is 0.226 e. The third kappa shape index (κ3) is 3.81. The molecular formula is C14H21NO4. The molecule has 0 atom stereocenters. The summed E-state index contributed by atoms with van der Waals surface area (Å²) in [6.45, 7) is 1.18. The van der Waals surface area contributed by atoms with Crippen LogP contribution in [0.1, 0.15) is 37.9 Å². The number of nitrogens with zero attached hydrogens (tertiary/aromatic N) is 1. The van der Waals surface area contributed by atoms with Gasteiger partial charge in [0.15, 0.2) is 5.75 Å². The standard InChI is InChI=1S/C14H21NO4/c16-7-6-15(11-4-2-1-3-5-11)9-12-8-13(17)14(18)10-19-12/h8,10-11,16,18H,1-7,9H2. The normalized spacial score (nSPS) is 16.9. The van der Waals surface area contributed by atoms with Gasteiger partial charge in [-0.15, -0.1) is 0 Å². The Morgan fingerprint density at radius 3 is 2.68 bits per heavy atom. The average molecular weight is 267 g/mol. The van der Waals surface area contributed by atoms with Crippen molar-refractivity contribution in [3.05, 3.63) is 28.3 Å². The van der Waals surface area contributed by atoms with Crippen molar-refractivity contribution in [2.75, 3.05) is 13.2 Å². The van der Waals surface area contributed by atoms with E-state index in [0.717, 1.165) is 19.1 Å². The van der Waals surface area contributed by atoms with Crippen LogP contribution in [-0.2, 0) is 6.54 Å². The fourth-order valence-electron chi connectivity index (χ4n) is 2.69. The Labute approximate surface area is 112 Å². The summed E-state index contributed by atoms with van der Waals surface area (Å²) in [5.41, 5.74) is -0.422. The number of aliphatic hydroxyl groups excluding tert-OH is 1. The molecule has 0 bridgehead atoms. The molecule has 0 saturated heterocycles. The van der Waals surface area contributed by atoms with Crippen LogP contribution < -0.4 is 5.43 Å². The molecule has 1 aromatic rings. The van der Waals surface area contributed by atoms with Crippen LogP contribution in [0.25, 0.3) is 0 Å². The van der Waals surface area contributed by atoms with Gasteiger partial charge in [0.25, 0.3) is 0 Å². The van der Waals surface area contributed by atoms with Gasteiger partial charge in [0.1, 0.15) is 12.0 Å². The largest absolute Gasteiger partial charge is 0.502 e. The Balaban J connectivity index is 2.06. The Bertz CT molecular complexity index is 451. The van der Waals surface area contributed by atoms with Crippen LogP contribution in [-0.4, -0.2) is 34.3 Å². The zero-order valence-corrected chi connectivity index (χ0v) is 11.0. The summed E-state index contributed by atoms with van der Waals surface area (Å²) >= 11 is 0. The molecule has 0 amide bonds. The summed E-state index contributed by atoms with van der Waals surface area (Å²) in [6.07, 6.45) is 7.04. The van der Waals surface area contributed by atoms with Gasteiger partial charge in [-0.3, -0.25) is 9.69 Å². The van der Waals surface area contributed by atoms with Crippen LogP contribution in [0.15, 0.2) is 21.5 Å². The zero-order chi connectivity index (χ0) is 13.7. The summed E-state index contributed by atoms with van der Waals surface area (Å²) in [7, 11) is 0. The van der Waals surface area contributed by atoms with Crippen molar-refractivity contribution in [2.24, 2.45) is 0 Å². The summed E-state index contributed by atoms with van der Waals surface area (Å²) in [4.78, 5) is 13.5. The highest BCUT2D eigenvalue weighted by Gasteiger charge is 2.21. The Hall–Kier alpha value is -1.33. The molecule has 1 saturated carbocycles. The van der Waals surface area contributed by atoms with Crippen LogP contribution in [0.2, 0.25) is 0 Å². The van der Waals surface area contributed by atoms with Crippen LogP contribution in [0.5, 0.6) is 5.75 Å². The topological polar surface area (TPSA) is 73.9 Å². The summed E-state index contributed by atoms with van der Waals surface area (Å²) in [5, 5.41) is 18.3. The van der Waals surface area contributed by atoms with Crippen LogP contribution in [0.4, 0.5) is 0 Å². The van der Waals surface area contributed by atoms with E-state index in [2.05, 4.69) is 4.90 Å². The minimum Gasteiger partial charge on any atom is -0.502 e. The first-order chi connectivity index (χ1) is 9.20. The van der Waals surface area contributed by atoms with Gasteiger partial charge in [-0.25, -0.2) is 0 Å². The first-order valence-corrected chi connectivity index (χ1v) is 6.86. The van der Waals surface area contributed by atoms with E-state index < -0.39 is 5.43 Å². The fraction of sp³-hybridized carbons (Fsp3) is 0.643. The molecule has 0 radical (unpaired) electrons. The lowest BCUT2D eigenvalue weighted by molar-refractivity contribution is 0.109. The quantitative estimate of drug-likeness (QED) is 0.845. The van der Waals surface area contributed by atoms with Gasteiger partial charge >= 0.3 is 0 Å². The molecule has 1 aliphatic carbocycles. The van der Waals surface area contributed by atoms with E-state index in [9.17, 15) is 15.0 Å². The zero-order valence-electron chi connectivity index (χ0n) is 11.0. The van der Waals surface area contributed by atoms with Gasteiger partial charge in [-0.1, -0.05) is 19.3 Å². The Kier molecular flexibility index (Phi) is 4.99. The molecule has 5 heteroatoms. The molecule has 2 N–H and O–H groups in total. The summed E-state index contributed by atoms with van der Waals surface area (Å²) in [6, 6.07) is 1.77. The van der Waals surface area contributed by atoms with Crippen molar-refractivity contribution in [3.63, 3.8) is 0 Å². The first kappa shape index (κ1) is 14.1. The third-order valence-electron chi connectivity index (χ3n) is 3.70. The van der Waals surface area contributed by atoms with Crippen LogP contribution in [0, 0.1) is 0 Å². The maximum atomic E-state index is 11.4. The van der Waals surface area contributed by atoms with Crippen molar-refractivity contribution >= 4 is 0 Å². The molecule has 1 aliphatic rings. The van der Waals surface area contributed by atoms with Gasteiger partial charge in [0, 0.05) is 18.7 Å².